The van der Waals surface area contributed by atoms with Crippen molar-refractivity contribution < 1.29 is 19.0 Å². The van der Waals surface area contributed by atoms with Gasteiger partial charge in [-0.05, 0) is 72.0 Å². The third-order valence-electron chi connectivity index (χ3n) is 5.06. The summed E-state index contributed by atoms with van der Waals surface area (Å²) in [5.74, 6) is 0.903. The first-order chi connectivity index (χ1) is 15.1. The van der Waals surface area contributed by atoms with Gasteiger partial charge in [-0.25, -0.2) is 4.79 Å². The van der Waals surface area contributed by atoms with E-state index in [2.05, 4.69) is 31.2 Å². The number of ether oxygens (including phenoxy) is 3. The number of esters is 1. The van der Waals surface area contributed by atoms with Crippen LogP contribution in [0.1, 0.15) is 41.3 Å². The average Bonchev–Trinajstić information content (AvgIpc) is 2.79. The molecule has 0 bridgehead atoms. The van der Waals surface area contributed by atoms with Gasteiger partial charge in [-0.2, -0.15) is 0 Å². The van der Waals surface area contributed by atoms with Gasteiger partial charge in [0.25, 0.3) is 0 Å². The smallest absolute Gasteiger partial charge is 0.343 e. The highest BCUT2D eigenvalue weighted by Crippen LogP contribution is 2.27. The minimum absolute atomic E-state index is 0.384. The molecular formula is C27H30O4. The van der Waals surface area contributed by atoms with Gasteiger partial charge in [0.05, 0.1) is 12.2 Å². The minimum Gasteiger partial charge on any atom is -0.494 e. The maximum atomic E-state index is 12.6. The van der Waals surface area contributed by atoms with E-state index < -0.39 is 0 Å². The zero-order chi connectivity index (χ0) is 22.1. The molecule has 162 valence electrons. The predicted octanol–water partition coefficient (Wildman–Crippen LogP) is 6.25. The fraction of sp³-hybridized carbons (Fsp3) is 0.296. The van der Waals surface area contributed by atoms with Gasteiger partial charge in [0, 0.05) is 20.1 Å². The number of hydrogen-bond donors (Lipinski definition) is 0. The molecule has 31 heavy (non-hydrogen) atoms. The quantitative estimate of drug-likeness (QED) is 0.222. The molecule has 4 heteroatoms. The average molecular weight is 419 g/mol. The second-order valence-electron chi connectivity index (χ2n) is 7.54. The molecule has 0 heterocycles. The Morgan fingerprint density at radius 3 is 2.23 bits per heavy atom. The van der Waals surface area contributed by atoms with Crippen LogP contribution < -0.4 is 9.47 Å². The Morgan fingerprint density at radius 2 is 1.58 bits per heavy atom. The van der Waals surface area contributed by atoms with E-state index in [1.807, 2.05) is 25.1 Å². The molecule has 0 spiro atoms. The monoisotopic (exact) mass is 418 g/mol. The Labute approximate surface area is 184 Å². The molecule has 0 aliphatic rings. The first-order valence-electron chi connectivity index (χ1n) is 10.7. The van der Waals surface area contributed by atoms with Gasteiger partial charge < -0.3 is 14.2 Å². The van der Waals surface area contributed by atoms with Crippen molar-refractivity contribution in [1.82, 2.24) is 0 Å². The van der Waals surface area contributed by atoms with Crippen molar-refractivity contribution in [2.45, 2.75) is 33.1 Å². The predicted molar refractivity (Wildman–Crippen MR) is 124 cm³/mol. The Bertz CT molecular complexity index is 975. The van der Waals surface area contributed by atoms with Crippen LogP contribution in [0.2, 0.25) is 0 Å². The van der Waals surface area contributed by atoms with Crippen molar-refractivity contribution in [2.75, 3.05) is 20.3 Å². The Balaban J connectivity index is 1.62. The van der Waals surface area contributed by atoms with Gasteiger partial charge in [0.15, 0.2) is 0 Å². The third-order valence-corrected chi connectivity index (χ3v) is 5.06. The molecular weight excluding hydrogens is 388 g/mol. The van der Waals surface area contributed by atoms with Crippen molar-refractivity contribution in [3.05, 3.63) is 83.4 Å². The van der Waals surface area contributed by atoms with E-state index >= 15 is 0 Å². The topological polar surface area (TPSA) is 44.8 Å². The summed E-state index contributed by atoms with van der Waals surface area (Å²) < 4.78 is 16.3. The van der Waals surface area contributed by atoms with Crippen LogP contribution in [-0.2, 0) is 11.2 Å². The Kier molecular flexibility index (Phi) is 8.25. The highest BCUT2D eigenvalue weighted by atomic mass is 16.5. The molecule has 0 aliphatic heterocycles. The van der Waals surface area contributed by atoms with E-state index in [1.54, 1.807) is 31.4 Å². The van der Waals surface area contributed by atoms with Crippen LogP contribution in [0.4, 0.5) is 0 Å². The number of hydrogen-bond acceptors (Lipinski definition) is 4. The number of methoxy groups -OCH3 is 1. The lowest BCUT2D eigenvalue weighted by Crippen LogP contribution is -2.09. The molecule has 0 fully saturated rings. The van der Waals surface area contributed by atoms with E-state index in [-0.39, 0.29) is 5.97 Å². The highest BCUT2D eigenvalue weighted by molar-refractivity contribution is 5.91. The molecule has 0 radical (unpaired) electrons. The van der Waals surface area contributed by atoms with E-state index in [0.29, 0.717) is 24.5 Å². The van der Waals surface area contributed by atoms with Crippen molar-refractivity contribution in [3.63, 3.8) is 0 Å². The van der Waals surface area contributed by atoms with Crippen LogP contribution >= 0.6 is 0 Å². The summed E-state index contributed by atoms with van der Waals surface area (Å²) in [7, 11) is 1.67. The molecule has 4 nitrogen and oxygen atoms in total. The maximum absolute atomic E-state index is 12.6. The summed E-state index contributed by atoms with van der Waals surface area (Å²) in [5.41, 5.74) is 5.01. The zero-order valence-electron chi connectivity index (χ0n) is 18.5. The zero-order valence-corrected chi connectivity index (χ0v) is 18.5. The summed E-state index contributed by atoms with van der Waals surface area (Å²) in [6.07, 6.45) is 3.05. The molecule has 3 aromatic carbocycles. The molecule has 3 aromatic rings. The number of carbonyl (C=O) groups is 1. The third kappa shape index (κ3) is 6.43. The summed E-state index contributed by atoms with van der Waals surface area (Å²) in [6.45, 7) is 5.37. The molecule has 0 saturated heterocycles. The van der Waals surface area contributed by atoms with Crippen molar-refractivity contribution in [3.8, 4) is 22.6 Å². The number of rotatable bonds is 10. The number of carbonyl (C=O) groups excluding carboxylic acids is 1. The van der Waals surface area contributed by atoms with Gasteiger partial charge in [-0.3, -0.25) is 0 Å². The molecule has 0 amide bonds. The van der Waals surface area contributed by atoms with E-state index in [9.17, 15) is 4.79 Å². The van der Waals surface area contributed by atoms with Crippen molar-refractivity contribution in [2.24, 2.45) is 0 Å². The summed E-state index contributed by atoms with van der Waals surface area (Å²) in [6, 6.07) is 21.5. The second kappa shape index (κ2) is 11.3. The molecule has 0 unspecified atom stereocenters. The van der Waals surface area contributed by atoms with Crippen LogP contribution in [0.5, 0.6) is 11.5 Å². The van der Waals surface area contributed by atoms with Crippen molar-refractivity contribution >= 4 is 5.97 Å². The molecule has 0 aliphatic carbocycles. The van der Waals surface area contributed by atoms with Gasteiger partial charge >= 0.3 is 5.97 Å². The number of benzene rings is 3. The van der Waals surface area contributed by atoms with Crippen LogP contribution in [0.3, 0.4) is 0 Å². The number of aryl methyl sites for hydroxylation is 2. The first kappa shape index (κ1) is 22.6. The standard InChI is InChI=1S/C27H30O4/c1-4-6-21-7-9-22(10-8-21)24-13-16-26(20(2)19-24)31-27(28)23-11-14-25(15-12-23)30-18-5-17-29-3/h7-16,19H,4-6,17-18H2,1-3H3. The maximum Gasteiger partial charge on any atom is 0.343 e. The van der Waals surface area contributed by atoms with Crippen molar-refractivity contribution in [1.29, 1.82) is 0 Å². The fourth-order valence-electron chi connectivity index (χ4n) is 3.34. The second-order valence-corrected chi connectivity index (χ2v) is 7.54. The fourth-order valence-corrected chi connectivity index (χ4v) is 3.34. The van der Waals surface area contributed by atoms with Gasteiger partial charge in [-0.15, -0.1) is 0 Å². The molecule has 0 N–H and O–H groups in total. The van der Waals surface area contributed by atoms with Crippen LogP contribution in [0, 0.1) is 6.92 Å². The lowest BCUT2D eigenvalue weighted by Gasteiger charge is -2.11. The van der Waals surface area contributed by atoms with Crippen LogP contribution in [0.25, 0.3) is 11.1 Å². The van der Waals surface area contributed by atoms with Crippen LogP contribution in [-0.4, -0.2) is 26.3 Å². The van der Waals surface area contributed by atoms with Gasteiger partial charge in [-0.1, -0.05) is 43.7 Å². The lowest BCUT2D eigenvalue weighted by molar-refractivity contribution is 0.0733. The minimum atomic E-state index is -0.384. The van der Waals surface area contributed by atoms with E-state index in [0.717, 1.165) is 41.7 Å². The van der Waals surface area contributed by atoms with Gasteiger partial charge in [0.2, 0.25) is 0 Å². The van der Waals surface area contributed by atoms with E-state index in [1.165, 1.54) is 5.56 Å². The first-order valence-corrected chi connectivity index (χ1v) is 10.7. The van der Waals surface area contributed by atoms with Gasteiger partial charge in [0.1, 0.15) is 11.5 Å². The normalized spacial score (nSPS) is 10.7. The molecule has 0 saturated carbocycles. The lowest BCUT2D eigenvalue weighted by atomic mass is 10.0. The SMILES string of the molecule is CCCc1ccc(-c2ccc(OC(=O)c3ccc(OCCCOC)cc3)c(C)c2)cc1. The Hall–Kier alpha value is -3.11. The van der Waals surface area contributed by atoms with E-state index in [4.69, 9.17) is 14.2 Å². The highest BCUT2D eigenvalue weighted by Gasteiger charge is 2.11. The molecule has 0 aromatic heterocycles. The summed E-state index contributed by atoms with van der Waals surface area (Å²) >= 11 is 0. The summed E-state index contributed by atoms with van der Waals surface area (Å²) in [5, 5.41) is 0. The molecule has 0 atom stereocenters. The molecule has 3 rings (SSSR count). The Morgan fingerprint density at radius 1 is 0.871 bits per heavy atom. The van der Waals surface area contributed by atoms with Crippen LogP contribution in [0.15, 0.2) is 66.7 Å². The summed E-state index contributed by atoms with van der Waals surface area (Å²) in [4.78, 5) is 12.6. The largest absolute Gasteiger partial charge is 0.494 e.